The molecular weight excluding hydrogens is 292 g/mol. The van der Waals surface area contributed by atoms with Gasteiger partial charge in [0.1, 0.15) is 0 Å². The van der Waals surface area contributed by atoms with Gasteiger partial charge in [0.15, 0.2) is 5.03 Å². The average molecular weight is 316 g/mol. The van der Waals surface area contributed by atoms with Crippen LogP contribution in [0.4, 0.5) is 0 Å². The molecule has 2 rings (SSSR count). The summed E-state index contributed by atoms with van der Waals surface area (Å²) in [5, 5.41) is 10.2. The third-order valence-corrected chi connectivity index (χ3v) is 5.65. The second kappa shape index (κ2) is 6.43. The van der Waals surface area contributed by atoms with Crippen LogP contribution in [0.1, 0.15) is 31.5 Å². The Balaban J connectivity index is 2.27. The van der Waals surface area contributed by atoms with Gasteiger partial charge in [-0.1, -0.05) is 13.8 Å². The lowest BCUT2D eigenvalue weighted by Crippen LogP contribution is -2.38. The van der Waals surface area contributed by atoms with Crippen LogP contribution in [0, 0.1) is 6.92 Å². The molecule has 0 aromatic carbocycles. The number of H-pyrrole nitrogens is 1. The Morgan fingerprint density at radius 1 is 1.52 bits per heavy atom. The third-order valence-electron chi connectivity index (χ3n) is 3.77. The molecule has 0 bridgehead atoms. The minimum atomic E-state index is -3.61. The number of aromatic nitrogens is 2. The van der Waals surface area contributed by atoms with Crippen LogP contribution in [-0.4, -0.2) is 55.3 Å². The number of sulfonamides is 1. The van der Waals surface area contributed by atoms with Crippen molar-refractivity contribution in [1.82, 2.24) is 19.8 Å². The van der Waals surface area contributed by atoms with E-state index in [0.29, 0.717) is 25.3 Å². The first kappa shape index (κ1) is 16.4. The van der Waals surface area contributed by atoms with E-state index in [0.717, 1.165) is 12.1 Å². The fourth-order valence-corrected chi connectivity index (χ4v) is 3.83. The van der Waals surface area contributed by atoms with E-state index in [-0.39, 0.29) is 17.1 Å². The topological polar surface area (TPSA) is 87.3 Å². The standard InChI is InChI=1S/C13H24N4O3S/c1-9(2)14-7-12-10(3)15-16-13(12)21(18,19)17(4)11-5-6-20-8-11/h9,11,14H,5-8H2,1-4H3,(H,15,16). The number of hydrogen-bond donors (Lipinski definition) is 2. The summed E-state index contributed by atoms with van der Waals surface area (Å²) in [5.41, 5.74) is 1.48. The van der Waals surface area contributed by atoms with Gasteiger partial charge in [-0.25, -0.2) is 8.42 Å². The van der Waals surface area contributed by atoms with E-state index in [9.17, 15) is 8.42 Å². The van der Waals surface area contributed by atoms with Crippen LogP contribution in [0.5, 0.6) is 0 Å². The molecule has 2 heterocycles. The van der Waals surface area contributed by atoms with Crippen molar-refractivity contribution in [3.63, 3.8) is 0 Å². The van der Waals surface area contributed by atoms with Gasteiger partial charge in [-0.3, -0.25) is 5.10 Å². The average Bonchev–Trinajstić information content (AvgIpc) is 3.05. The third kappa shape index (κ3) is 3.45. The van der Waals surface area contributed by atoms with Gasteiger partial charge in [-0.15, -0.1) is 0 Å². The molecule has 0 saturated carbocycles. The summed E-state index contributed by atoms with van der Waals surface area (Å²) in [6.07, 6.45) is 0.721. The summed E-state index contributed by atoms with van der Waals surface area (Å²) in [5.74, 6) is 0. The molecule has 120 valence electrons. The van der Waals surface area contributed by atoms with Crippen molar-refractivity contribution in [1.29, 1.82) is 0 Å². The van der Waals surface area contributed by atoms with E-state index < -0.39 is 10.0 Å². The van der Waals surface area contributed by atoms with Crippen LogP contribution in [0.3, 0.4) is 0 Å². The number of hydrogen-bond acceptors (Lipinski definition) is 5. The molecule has 7 nitrogen and oxygen atoms in total. The number of rotatable bonds is 6. The number of nitrogens with zero attached hydrogens (tertiary/aromatic N) is 2. The molecule has 1 unspecified atom stereocenters. The zero-order valence-electron chi connectivity index (χ0n) is 13.0. The summed E-state index contributed by atoms with van der Waals surface area (Å²) in [6.45, 7) is 7.40. The van der Waals surface area contributed by atoms with Crippen molar-refractivity contribution in [3.8, 4) is 0 Å². The monoisotopic (exact) mass is 316 g/mol. The lowest BCUT2D eigenvalue weighted by molar-refractivity contribution is 0.180. The number of aromatic amines is 1. The quantitative estimate of drug-likeness (QED) is 0.803. The summed E-state index contributed by atoms with van der Waals surface area (Å²) in [7, 11) is -2.01. The van der Waals surface area contributed by atoms with Crippen LogP contribution >= 0.6 is 0 Å². The van der Waals surface area contributed by atoms with Gasteiger partial charge in [0.05, 0.1) is 12.6 Å². The van der Waals surface area contributed by atoms with Crippen molar-refractivity contribution in [2.45, 2.75) is 50.8 Å². The molecule has 1 aromatic rings. The molecule has 1 saturated heterocycles. The molecule has 8 heteroatoms. The second-order valence-electron chi connectivity index (χ2n) is 5.71. The molecule has 1 aliphatic heterocycles. The van der Waals surface area contributed by atoms with E-state index in [1.165, 1.54) is 4.31 Å². The molecule has 1 aliphatic rings. The zero-order valence-corrected chi connectivity index (χ0v) is 13.8. The summed E-state index contributed by atoms with van der Waals surface area (Å²) >= 11 is 0. The Hall–Kier alpha value is -0.960. The van der Waals surface area contributed by atoms with E-state index in [4.69, 9.17) is 4.74 Å². The van der Waals surface area contributed by atoms with Crippen molar-refractivity contribution in [3.05, 3.63) is 11.3 Å². The Kier molecular flexibility index (Phi) is 5.03. The predicted octanol–water partition coefficient (Wildman–Crippen LogP) is 0.626. The maximum absolute atomic E-state index is 12.8. The van der Waals surface area contributed by atoms with Gasteiger partial charge in [0, 0.05) is 37.5 Å². The molecular formula is C13H24N4O3S. The van der Waals surface area contributed by atoms with Crippen molar-refractivity contribution >= 4 is 10.0 Å². The molecule has 1 fully saturated rings. The molecule has 0 amide bonds. The Morgan fingerprint density at radius 3 is 2.81 bits per heavy atom. The van der Waals surface area contributed by atoms with Gasteiger partial charge >= 0.3 is 0 Å². The van der Waals surface area contributed by atoms with Crippen LogP contribution in [-0.2, 0) is 21.3 Å². The smallest absolute Gasteiger partial charge is 0.262 e. The van der Waals surface area contributed by atoms with Gasteiger partial charge in [0.2, 0.25) is 0 Å². The fraction of sp³-hybridized carbons (Fsp3) is 0.769. The summed E-state index contributed by atoms with van der Waals surface area (Å²) in [6, 6.07) is 0.161. The number of nitrogens with one attached hydrogen (secondary N) is 2. The lowest BCUT2D eigenvalue weighted by Gasteiger charge is -2.22. The van der Waals surface area contributed by atoms with Gasteiger partial charge in [0.25, 0.3) is 10.0 Å². The fourth-order valence-electron chi connectivity index (χ4n) is 2.30. The Labute approximate surface area is 126 Å². The molecule has 1 aromatic heterocycles. The van der Waals surface area contributed by atoms with Crippen molar-refractivity contribution in [2.75, 3.05) is 20.3 Å². The highest BCUT2D eigenvalue weighted by Gasteiger charge is 2.34. The van der Waals surface area contributed by atoms with Crippen LogP contribution < -0.4 is 5.32 Å². The largest absolute Gasteiger partial charge is 0.380 e. The molecule has 0 radical (unpaired) electrons. The highest BCUT2D eigenvalue weighted by atomic mass is 32.2. The molecule has 21 heavy (non-hydrogen) atoms. The summed E-state index contributed by atoms with van der Waals surface area (Å²) < 4.78 is 32.2. The predicted molar refractivity (Wildman–Crippen MR) is 79.5 cm³/mol. The molecule has 1 atom stereocenters. The Morgan fingerprint density at radius 2 is 2.24 bits per heavy atom. The van der Waals surface area contributed by atoms with E-state index in [2.05, 4.69) is 15.5 Å². The summed E-state index contributed by atoms with van der Waals surface area (Å²) in [4.78, 5) is 0. The van der Waals surface area contributed by atoms with Gasteiger partial charge < -0.3 is 10.1 Å². The minimum Gasteiger partial charge on any atom is -0.380 e. The van der Waals surface area contributed by atoms with Gasteiger partial charge in [-0.05, 0) is 13.3 Å². The van der Waals surface area contributed by atoms with E-state index >= 15 is 0 Å². The minimum absolute atomic E-state index is 0.113. The first-order valence-electron chi connectivity index (χ1n) is 7.17. The van der Waals surface area contributed by atoms with Crippen LogP contribution in [0.2, 0.25) is 0 Å². The van der Waals surface area contributed by atoms with Crippen molar-refractivity contribution in [2.24, 2.45) is 0 Å². The zero-order chi connectivity index (χ0) is 15.6. The van der Waals surface area contributed by atoms with Crippen LogP contribution in [0.15, 0.2) is 5.03 Å². The maximum Gasteiger partial charge on any atom is 0.262 e. The number of ether oxygens (including phenoxy) is 1. The normalized spacial score (nSPS) is 19.8. The maximum atomic E-state index is 12.8. The molecule has 0 aliphatic carbocycles. The SMILES string of the molecule is Cc1[nH]nc(S(=O)(=O)N(C)C2CCOC2)c1CNC(C)C. The second-order valence-corrected chi connectivity index (χ2v) is 7.62. The highest BCUT2D eigenvalue weighted by molar-refractivity contribution is 7.89. The first-order valence-corrected chi connectivity index (χ1v) is 8.61. The van der Waals surface area contributed by atoms with Gasteiger partial charge in [-0.2, -0.15) is 9.40 Å². The number of aryl methyl sites for hydroxylation is 1. The molecule has 0 spiro atoms. The molecule has 2 N–H and O–H groups in total. The van der Waals surface area contributed by atoms with Crippen LogP contribution in [0.25, 0.3) is 0 Å². The highest BCUT2D eigenvalue weighted by Crippen LogP contribution is 2.23. The number of likely N-dealkylation sites (N-methyl/N-ethyl adjacent to an activating group) is 1. The first-order chi connectivity index (χ1) is 9.84. The Bertz CT molecular complexity index is 576. The van der Waals surface area contributed by atoms with E-state index in [1.807, 2.05) is 20.8 Å². The van der Waals surface area contributed by atoms with Crippen molar-refractivity contribution < 1.29 is 13.2 Å². The lowest BCUT2D eigenvalue weighted by atomic mass is 10.2. The van der Waals surface area contributed by atoms with E-state index in [1.54, 1.807) is 7.05 Å².